The molecular weight excluding hydrogens is 343 g/mol. The van der Waals surface area contributed by atoms with Crippen LogP contribution >= 0.6 is 24.4 Å². The van der Waals surface area contributed by atoms with Gasteiger partial charge in [-0.1, -0.05) is 24.3 Å². The van der Waals surface area contributed by atoms with Crippen LogP contribution < -0.4 is 21.5 Å². The SMILES string of the molecule is Cc1cccc(NC(=S)NNC(=S)NCc2ccc(F)cc2)c1C. The minimum absolute atomic E-state index is 0.260. The van der Waals surface area contributed by atoms with Crippen LogP contribution in [-0.2, 0) is 6.54 Å². The number of halogens is 1. The van der Waals surface area contributed by atoms with E-state index in [-0.39, 0.29) is 5.82 Å². The van der Waals surface area contributed by atoms with Gasteiger partial charge in [-0.25, -0.2) is 4.39 Å². The van der Waals surface area contributed by atoms with Crippen LogP contribution in [0, 0.1) is 19.7 Å². The standard InChI is InChI=1S/C17H19FN4S2/c1-11-4-3-5-15(12(11)2)20-17(24)22-21-16(23)19-10-13-6-8-14(18)9-7-13/h3-9H,10H2,1-2H3,(H2,19,21,23)(H2,20,22,24). The number of thiocarbonyl (C=S) groups is 2. The minimum Gasteiger partial charge on any atom is -0.357 e. The van der Waals surface area contributed by atoms with Gasteiger partial charge >= 0.3 is 0 Å². The second-order valence-electron chi connectivity index (χ2n) is 5.26. The van der Waals surface area contributed by atoms with E-state index in [0.717, 1.165) is 16.8 Å². The van der Waals surface area contributed by atoms with Gasteiger partial charge in [0.1, 0.15) is 5.82 Å². The van der Waals surface area contributed by atoms with Crippen molar-refractivity contribution < 1.29 is 4.39 Å². The molecule has 7 heteroatoms. The third-order valence-corrected chi connectivity index (χ3v) is 3.96. The van der Waals surface area contributed by atoms with Crippen molar-refractivity contribution in [2.45, 2.75) is 20.4 Å². The summed E-state index contributed by atoms with van der Waals surface area (Å²) in [5.41, 5.74) is 9.84. The van der Waals surface area contributed by atoms with E-state index < -0.39 is 0 Å². The summed E-state index contributed by atoms with van der Waals surface area (Å²) in [5.74, 6) is -0.260. The molecule has 126 valence electrons. The van der Waals surface area contributed by atoms with E-state index in [9.17, 15) is 4.39 Å². The molecule has 0 heterocycles. The zero-order valence-corrected chi connectivity index (χ0v) is 15.1. The molecule has 0 bridgehead atoms. The molecule has 0 aliphatic heterocycles. The van der Waals surface area contributed by atoms with Crippen molar-refractivity contribution >= 4 is 40.3 Å². The largest absolute Gasteiger partial charge is 0.357 e. The fourth-order valence-corrected chi connectivity index (χ4v) is 2.27. The van der Waals surface area contributed by atoms with Crippen LogP contribution in [0.4, 0.5) is 10.1 Å². The first kappa shape index (κ1) is 18.1. The van der Waals surface area contributed by atoms with Crippen molar-refractivity contribution in [3.63, 3.8) is 0 Å². The van der Waals surface area contributed by atoms with E-state index >= 15 is 0 Å². The third-order valence-electron chi connectivity index (χ3n) is 3.51. The Labute approximate surface area is 151 Å². The summed E-state index contributed by atoms with van der Waals surface area (Å²) in [6, 6.07) is 12.2. The maximum absolute atomic E-state index is 12.8. The lowest BCUT2D eigenvalue weighted by Crippen LogP contribution is -2.48. The molecule has 0 aromatic heterocycles. The molecule has 0 atom stereocenters. The second-order valence-corrected chi connectivity index (χ2v) is 6.08. The summed E-state index contributed by atoms with van der Waals surface area (Å²) >= 11 is 10.4. The fraction of sp³-hybridized carbons (Fsp3) is 0.176. The highest BCUT2D eigenvalue weighted by molar-refractivity contribution is 7.80. The molecule has 4 N–H and O–H groups in total. The molecular formula is C17H19FN4S2. The van der Waals surface area contributed by atoms with Crippen molar-refractivity contribution in [2.24, 2.45) is 0 Å². The zero-order valence-electron chi connectivity index (χ0n) is 13.4. The molecule has 0 aliphatic carbocycles. The fourth-order valence-electron chi connectivity index (χ4n) is 1.98. The Morgan fingerprint density at radius 3 is 2.33 bits per heavy atom. The molecule has 2 aromatic rings. The molecule has 0 fully saturated rings. The average molecular weight is 362 g/mol. The first-order valence-corrected chi connectivity index (χ1v) is 8.19. The Hall–Kier alpha value is -2.25. The maximum Gasteiger partial charge on any atom is 0.189 e. The summed E-state index contributed by atoms with van der Waals surface area (Å²) in [6.07, 6.45) is 0. The molecule has 0 amide bonds. The number of benzene rings is 2. The van der Waals surface area contributed by atoms with Gasteiger partial charge in [-0.3, -0.25) is 10.9 Å². The van der Waals surface area contributed by atoms with Gasteiger partial charge in [0.05, 0.1) is 0 Å². The smallest absolute Gasteiger partial charge is 0.189 e. The number of anilines is 1. The Morgan fingerprint density at radius 1 is 0.958 bits per heavy atom. The lowest BCUT2D eigenvalue weighted by atomic mass is 10.1. The molecule has 0 unspecified atom stereocenters. The van der Waals surface area contributed by atoms with Crippen LogP contribution in [0.5, 0.6) is 0 Å². The van der Waals surface area contributed by atoms with Gasteiger partial charge < -0.3 is 10.6 Å². The summed E-state index contributed by atoms with van der Waals surface area (Å²) < 4.78 is 12.8. The number of nitrogens with one attached hydrogen (secondary N) is 4. The summed E-state index contributed by atoms with van der Waals surface area (Å²) in [7, 11) is 0. The number of hydrogen-bond donors (Lipinski definition) is 4. The van der Waals surface area contributed by atoms with E-state index in [1.165, 1.54) is 17.7 Å². The molecule has 0 radical (unpaired) electrons. The van der Waals surface area contributed by atoms with Gasteiger partial charge in [-0.05, 0) is 73.2 Å². The molecule has 0 spiro atoms. The van der Waals surface area contributed by atoms with Crippen LogP contribution in [0.15, 0.2) is 42.5 Å². The summed E-state index contributed by atoms with van der Waals surface area (Å²) in [5, 5.41) is 6.93. The van der Waals surface area contributed by atoms with Gasteiger partial charge in [0.25, 0.3) is 0 Å². The van der Waals surface area contributed by atoms with Gasteiger partial charge in [-0.2, -0.15) is 0 Å². The molecule has 0 aliphatic rings. The summed E-state index contributed by atoms with van der Waals surface area (Å²) in [6.45, 7) is 4.57. The third kappa shape index (κ3) is 5.43. The van der Waals surface area contributed by atoms with E-state index in [0.29, 0.717) is 16.8 Å². The molecule has 2 aromatic carbocycles. The van der Waals surface area contributed by atoms with Crippen LogP contribution in [0.2, 0.25) is 0 Å². The van der Waals surface area contributed by atoms with Crippen LogP contribution in [0.1, 0.15) is 16.7 Å². The normalized spacial score (nSPS) is 9.96. The molecule has 2 rings (SSSR count). The number of rotatable bonds is 3. The highest BCUT2D eigenvalue weighted by Crippen LogP contribution is 2.17. The van der Waals surface area contributed by atoms with Crippen LogP contribution in [-0.4, -0.2) is 10.2 Å². The van der Waals surface area contributed by atoms with Gasteiger partial charge in [-0.15, -0.1) is 0 Å². The Morgan fingerprint density at radius 2 is 1.62 bits per heavy atom. The molecule has 4 nitrogen and oxygen atoms in total. The van der Waals surface area contributed by atoms with Gasteiger partial charge in [0.15, 0.2) is 10.2 Å². The van der Waals surface area contributed by atoms with Gasteiger partial charge in [0, 0.05) is 12.2 Å². The number of hydrazine groups is 1. The predicted molar refractivity (Wildman–Crippen MR) is 104 cm³/mol. The van der Waals surface area contributed by atoms with E-state index in [2.05, 4.69) is 21.5 Å². The van der Waals surface area contributed by atoms with Crippen molar-refractivity contribution in [1.82, 2.24) is 16.2 Å². The van der Waals surface area contributed by atoms with E-state index in [4.69, 9.17) is 24.4 Å². The van der Waals surface area contributed by atoms with Crippen molar-refractivity contribution in [2.75, 3.05) is 5.32 Å². The zero-order chi connectivity index (χ0) is 17.5. The Balaban J connectivity index is 1.75. The first-order chi connectivity index (χ1) is 11.5. The molecule has 24 heavy (non-hydrogen) atoms. The van der Waals surface area contributed by atoms with E-state index in [1.807, 2.05) is 32.0 Å². The maximum atomic E-state index is 12.8. The van der Waals surface area contributed by atoms with E-state index in [1.54, 1.807) is 12.1 Å². The van der Waals surface area contributed by atoms with Crippen molar-refractivity contribution in [3.8, 4) is 0 Å². The van der Waals surface area contributed by atoms with Crippen molar-refractivity contribution in [1.29, 1.82) is 0 Å². The topological polar surface area (TPSA) is 48.1 Å². The predicted octanol–water partition coefficient (Wildman–Crippen LogP) is 3.31. The molecule has 0 saturated carbocycles. The van der Waals surface area contributed by atoms with Crippen LogP contribution in [0.25, 0.3) is 0 Å². The minimum atomic E-state index is -0.260. The Bertz CT molecular complexity index is 732. The van der Waals surface area contributed by atoms with Gasteiger partial charge in [0.2, 0.25) is 0 Å². The summed E-state index contributed by atoms with van der Waals surface area (Å²) in [4.78, 5) is 0. The van der Waals surface area contributed by atoms with Crippen LogP contribution in [0.3, 0.4) is 0 Å². The average Bonchev–Trinajstić information content (AvgIpc) is 2.56. The second kappa shape index (κ2) is 8.56. The number of hydrogen-bond acceptors (Lipinski definition) is 2. The quantitative estimate of drug-likeness (QED) is 0.496. The lowest BCUT2D eigenvalue weighted by Gasteiger charge is -2.16. The highest BCUT2D eigenvalue weighted by atomic mass is 32.1. The highest BCUT2D eigenvalue weighted by Gasteiger charge is 2.03. The Kier molecular flexibility index (Phi) is 6.45. The molecule has 0 saturated heterocycles. The lowest BCUT2D eigenvalue weighted by molar-refractivity contribution is 0.626. The monoisotopic (exact) mass is 362 g/mol. The number of aryl methyl sites for hydroxylation is 1. The van der Waals surface area contributed by atoms with Crippen molar-refractivity contribution in [3.05, 3.63) is 65.0 Å². The first-order valence-electron chi connectivity index (χ1n) is 7.37.